The number of hydrogen-bond donors (Lipinski definition) is 2. The molecule has 2 N–H and O–H groups in total. The molecule has 1 saturated heterocycles. The van der Waals surface area contributed by atoms with E-state index in [1.165, 1.54) is 0 Å². The van der Waals surface area contributed by atoms with Crippen LogP contribution in [-0.2, 0) is 11.3 Å². The maximum Gasteiger partial charge on any atom is 0.241 e. The minimum absolute atomic E-state index is 0.0400. The van der Waals surface area contributed by atoms with Gasteiger partial charge in [-0.2, -0.15) is 0 Å². The van der Waals surface area contributed by atoms with E-state index in [9.17, 15) is 4.79 Å². The number of imidazole rings is 1. The zero-order chi connectivity index (χ0) is 19.3. The summed E-state index contributed by atoms with van der Waals surface area (Å²) in [7, 11) is 1.66. The van der Waals surface area contributed by atoms with E-state index in [4.69, 9.17) is 4.74 Å². The second kappa shape index (κ2) is 8.27. The summed E-state index contributed by atoms with van der Waals surface area (Å²) in [5.74, 6) is 1.76. The molecule has 3 aromatic rings. The molecule has 0 radical (unpaired) electrons. The monoisotopic (exact) mass is 376 g/mol. The fraction of sp³-hybridized carbons (Fsp3) is 0.273. The molecule has 1 atom stereocenters. The van der Waals surface area contributed by atoms with Gasteiger partial charge in [0.1, 0.15) is 11.6 Å². The minimum atomic E-state index is -0.122. The molecule has 4 rings (SSSR count). The summed E-state index contributed by atoms with van der Waals surface area (Å²) < 4.78 is 5.29. The number of rotatable bonds is 6. The number of carbonyl (C=O) groups excluding carboxylic acids is 1. The van der Waals surface area contributed by atoms with Crippen molar-refractivity contribution in [1.29, 1.82) is 0 Å². The van der Waals surface area contributed by atoms with Gasteiger partial charge in [0.05, 0.1) is 19.7 Å². The lowest BCUT2D eigenvalue weighted by Gasteiger charge is -2.22. The van der Waals surface area contributed by atoms with Crippen LogP contribution in [0.5, 0.6) is 5.75 Å². The average molecular weight is 376 g/mol. The fourth-order valence-electron chi connectivity index (χ4n) is 3.66. The van der Waals surface area contributed by atoms with Gasteiger partial charge >= 0.3 is 0 Å². The number of nitrogens with zero attached hydrogens (tertiary/aromatic N) is 2. The van der Waals surface area contributed by atoms with E-state index in [0.717, 1.165) is 47.8 Å². The number of H-pyrrole nitrogens is 1. The fourth-order valence-corrected chi connectivity index (χ4v) is 3.66. The zero-order valence-electron chi connectivity index (χ0n) is 15.9. The maximum absolute atomic E-state index is 12.8. The zero-order valence-corrected chi connectivity index (χ0v) is 15.9. The normalized spacial score (nSPS) is 16.8. The molecular weight excluding hydrogens is 352 g/mol. The van der Waals surface area contributed by atoms with Gasteiger partial charge in [-0.1, -0.05) is 24.3 Å². The first-order valence-corrected chi connectivity index (χ1v) is 9.50. The number of likely N-dealkylation sites (tertiary alicyclic amines) is 1. The lowest BCUT2D eigenvalue weighted by atomic mass is 10.1. The molecule has 1 amide bonds. The number of carbonyl (C=O) groups is 1. The predicted molar refractivity (Wildman–Crippen MR) is 109 cm³/mol. The van der Waals surface area contributed by atoms with Gasteiger partial charge < -0.3 is 15.0 Å². The van der Waals surface area contributed by atoms with E-state index < -0.39 is 0 Å². The molecule has 1 aromatic heterocycles. The Balaban J connectivity index is 1.41. The summed E-state index contributed by atoms with van der Waals surface area (Å²) >= 11 is 0. The third-order valence-electron chi connectivity index (χ3n) is 5.13. The van der Waals surface area contributed by atoms with Gasteiger partial charge in [0.15, 0.2) is 0 Å². The Morgan fingerprint density at radius 1 is 1.25 bits per heavy atom. The highest BCUT2D eigenvalue weighted by Crippen LogP contribution is 2.26. The van der Waals surface area contributed by atoms with Crippen LogP contribution in [0.4, 0.5) is 5.69 Å². The Hall–Kier alpha value is -3.12. The summed E-state index contributed by atoms with van der Waals surface area (Å²) in [6, 6.07) is 15.7. The number of ether oxygens (including phenoxy) is 1. The average Bonchev–Trinajstić information content (AvgIpc) is 3.41. The van der Waals surface area contributed by atoms with E-state index in [0.29, 0.717) is 6.54 Å². The van der Waals surface area contributed by atoms with Crippen molar-refractivity contribution in [3.8, 4) is 16.9 Å². The Bertz CT molecular complexity index is 922. The van der Waals surface area contributed by atoms with Crippen molar-refractivity contribution in [3.05, 3.63) is 66.7 Å². The molecule has 0 aliphatic carbocycles. The molecule has 0 saturated carbocycles. The van der Waals surface area contributed by atoms with Crippen LogP contribution in [0.25, 0.3) is 11.1 Å². The van der Waals surface area contributed by atoms with E-state index in [1.54, 1.807) is 13.3 Å². The lowest BCUT2D eigenvalue weighted by molar-refractivity contribution is -0.120. The number of anilines is 1. The smallest absolute Gasteiger partial charge is 0.241 e. The van der Waals surface area contributed by atoms with Crippen molar-refractivity contribution in [2.45, 2.75) is 25.4 Å². The molecule has 0 bridgehead atoms. The van der Waals surface area contributed by atoms with Crippen LogP contribution in [0, 0.1) is 0 Å². The van der Waals surface area contributed by atoms with E-state index in [2.05, 4.69) is 20.2 Å². The van der Waals surface area contributed by atoms with E-state index >= 15 is 0 Å². The summed E-state index contributed by atoms with van der Waals surface area (Å²) in [6.07, 6.45) is 5.44. The molecule has 6 heteroatoms. The Labute approximate surface area is 164 Å². The van der Waals surface area contributed by atoms with Gasteiger partial charge in [0.2, 0.25) is 5.91 Å². The SMILES string of the molecule is COc1cccc(-c2ccc(NC(=O)[C@@H]3CCCN3Cc3ncc[nH]3)cc2)c1. The number of aromatic nitrogens is 2. The highest BCUT2D eigenvalue weighted by Gasteiger charge is 2.31. The second-order valence-corrected chi connectivity index (χ2v) is 6.96. The van der Waals surface area contributed by atoms with Crippen LogP contribution in [0.15, 0.2) is 60.9 Å². The van der Waals surface area contributed by atoms with E-state index in [1.807, 2.05) is 54.7 Å². The summed E-state index contributed by atoms with van der Waals surface area (Å²) in [5, 5.41) is 3.06. The maximum atomic E-state index is 12.8. The van der Waals surface area contributed by atoms with Gasteiger partial charge in [-0.15, -0.1) is 0 Å². The van der Waals surface area contributed by atoms with Gasteiger partial charge in [-0.3, -0.25) is 9.69 Å². The second-order valence-electron chi connectivity index (χ2n) is 6.96. The molecule has 144 valence electrons. The molecule has 0 unspecified atom stereocenters. The highest BCUT2D eigenvalue weighted by atomic mass is 16.5. The van der Waals surface area contributed by atoms with E-state index in [-0.39, 0.29) is 11.9 Å². The Kier molecular flexibility index (Phi) is 5.39. The van der Waals surface area contributed by atoms with Crippen molar-refractivity contribution in [2.75, 3.05) is 19.0 Å². The van der Waals surface area contributed by atoms with Gasteiger partial charge in [-0.25, -0.2) is 4.98 Å². The topological polar surface area (TPSA) is 70.2 Å². The number of amides is 1. The molecule has 0 spiro atoms. The number of benzene rings is 2. The van der Waals surface area contributed by atoms with Crippen molar-refractivity contribution in [1.82, 2.24) is 14.9 Å². The Morgan fingerprint density at radius 2 is 2.11 bits per heavy atom. The molecule has 2 aromatic carbocycles. The van der Waals surface area contributed by atoms with Crippen LogP contribution >= 0.6 is 0 Å². The molecule has 28 heavy (non-hydrogen) atoms. The van der Waals surface area contributed by atoms with Crippen molar-refractivity contribution in [3.63, 3.8) is 0 Å². The van der Waals surface area contributed by atoms with Crippen molar-refractivity contribution >= 4 is 11.6 Å². The first-order valence-electron chi connectivity index (χ1n) is 9.50. The summed E-state index contributed by atoms with van der Waals surface area (Å²) in [6.45, 7) is 1.58. The van der Waals surface area contributed by atoms with Gasteiger partial charge in [0.25, 0.3) is 0 Å². The van der Waals surface area contributed by atoms with Crippen LogP contribution < -0.4 is 10.1 Å². The highest BCUT2D eigenvalue weighted by molar-refractivity contribution is 5.95. The Morgan fingerprint density at radius 3 is 2.86 bits per heavy atom. The molecule has 6 nitrogen and oxygen atoms in total. The summed E-state index contributed by atoms with van der Waals surface area (Å²) in [4.78, 5) is 22.4. The minimum Gasteiger partial charge on any atom is -0.497 e. The van der Waals surface area contributed by atoms with Crippen LogP contribution in [-0.4, -0.2) is 40.5 Å². The number of hydrogen-bond acceptors (Lipinski definition) is 4. The molecule has 1 aliphatic heterocycles. The van der Waals surface area contributed by atoms with Crippen molar-refractivity contribution < 1.29 is 9.53 Å². The van der Waals surface area contributed by atoms with Crippen LogP contribution in [0.3, 0.4) is 0 Å². The predicted octanol–water partition coefficient (Wildman–Crippen LogP) is 3.69. The standard InChI is InChI=1S/C22H24N4O2/c1-28-19-5-2-4-17(14-19)16-7-9-18(10-8-16)25-22(27)20-6-3-13-26(20)15-21-23-11-12-24-21/h2,4-5,7-12,14,20H,3,6,13,15H2,1H3,(H,23,24)(H,25,27)/t20-/m0/s1. The quantitative estimate of drug-likeness (QED) is 0.688. The number of methoxy groups -OCH3 is 1. The summed E-state index contributed by atoms with van der Waals surface area (Å²) in [5.41, 5.74) is 2.97. The molecular formula is C22H24N4O2. The van der Waals surface area contributed by atoms with Crippen LogP contribution in [0.2, 0.25) is 0 Å². The van der Waals surface area contributed by atoms with Gasteiger partial charge in [-0.05, 0) is 54.8 Å². The third kappa shape index (κ3) is 4.07. The largest absolute Gasteiger partial charge is 0.497 e. The first-order chi connectivity index (χ1) is 13.7. The molecule has 1 fully saturated rings. The van der Waals surface area contributed by atoms with Gasteiger partial charge in [0, 0.05) is 18.1 Å². The van der Waals surface area contributed by atoms with Crippen LogP contribution in [0.1, 0.15) is 18.7 Å². The van der Waals surface area contributed by atoms with Crippen molar-refractivity contribution in [2.24, 2.45) is 0 Å². The first kappa shape index (κ1) is 18.3. The lowest BCUT2D eigenvalue weighted by Crippen LogP contribution is -2.39. The number of nitrogens with one attached hydrogen (secondary N) is 2. The third-order valence-corrected chi connectivity index (χ3v) is 5.13. The molecule has 1 aliphatic rings. The number of aromatic amines is 1. The molecule has 2 heterocycles.